The van der Waals surface area contributed by atoms with Crippen molar-refractivity contribution < 1.29 is 33.7 Å². The van der Waals surface area contributed by atoms with Gasteiger partial charge in [0.1, 0.15) is 0 Å². The third kappa shape index (κ3) is 8.09. The van der Waals surface area contributed by atoms with Crippen LogP contribution in [-0.2, 0) is 28.6 Å². The van der Waals surface area contributed by atoms with Crippen molar-refractivity contribution in [2.75, 3.05) is 46.2 Å². The van der Waals surface area contributed by atoms with Crippen molar-refractivity contribution >= 4 is 17.8 Å². The van der Waals surface area contributed by atoms with E-state index in [9.17, 15) is 19.5 Å². The first-order chi connectivity index (χ1) is 12.2. The Hall–Kier alpha value is -1.75. The highest BCUT2D eigenvalue weighted by molar-refractivity contribution is 5.85. The van der Waals surface area contributed by atoms with E-state index in [0.29, 0.717) is 19.8 Å². The molecule has 5 N–H and O–H groups in total. The van der Waals surface area contributed by atoms with E-state index in [4.69, 9.17) is 19.9 Å². The van der Waals surface area contributed by atoms with Gasteiger partial charge in [-0.1, -0.05) is 0 Å². The van der Waals surface area contributed by atoms with Crippen LogP contribution in [0, 0.1) is 5.92 Å². The molecule has 10 heteroatoms. The first-order valence-electron chi connectivity index (χ1n) is 8.55. The SMILES string of the molecule is CC1NC(=O)CNC(=O)CCOCCOCCOCC(C)(N)C1C(=O)O. The van der Waals surface area contributed by atoms with Crippen LogP contribution in [0.25, 0.3) is 0 Å². The highest BCUT2D eigenvalue weighted by Gasteiger charge is 2.40. The van der Waals surface area contributed by atoms with E-state index in [-0.39, 0.29) is 38.7 Å². The number of hydrogen-bond donors (Lipinski definition) is 4. The molecule has 1 aliphatic rings. The number of aliphatic carboxylic acids is 1. The number of nitrogens with one attached hydrogen (secondary N) is 2. The van der Waals surface area contributed by atoms with Gasteiger partial charge in [0, 0.05) is 12.5 Å². The summed E-state index contributed by atoms with van der Waals surface area (Å²) in [5.74, 6) is -3.04. The van der Waals surface area contributed by atoms with Crippen LogP contribution in [0.1, 0.15) is 20.3 Å². The number of carbonyl (C=O) groups is 3. The molecule has 1 heterocycles. The number of ether oxygens (including phenoxy) is 3. The number of carboxylic acids is 1. The molecule has 26 heavy (non-hydrogen) atoms. The summed E-state index contributed by atoms with van der Waals surface area (Å²) in [6, 6.07) is -0.756. The van der Waals surface area contributed by atoms with Gasteiger partial charge in [-0.25, -0.2) is 0 Å². The Morgan fingerprint density at radius 1 is 1.12 bits per heavy atom. The molecule has 0 bridgehead atoms. The lowest BCUT2D eigenvalue weighted by Crippen LogP contribution is -2.59. The average molecular weight is 375 g/mol. The van der Waals surface area contributed by atoms with Crippen LogP contribution >= 0.6 is 0 Å². The normalized spacial score (nSPS) is 31.2. The Morgan fingerprint density at radius 2 is 1.69 bits per heavy atom. The maximum atomic E-state index is 12.0. The van der Waals surface area contributed by atoms with Crippen molar-refractivity contribution in [3.05, 3.63) is 0 Å². The summed E-state index contributed by atoms with van der Waals surface area (Å²) in [4.78, 5) is 35.3. The van der Waals surface area contributed by atoms with Crippen molar-refractivity contribution in [1.82, 2.24) is 10.6 Å². The summed E-state index contributed by atoms with van der Waals surface area (Å²) < 4.78 is 16.0. The van der Waals surface area contributed by atoms with Crippen LogP contribution in [0.15, 0.2) is 0 Å². The minimum atomic E-state index is -1.21. The van der Waals surface area contributed by atoms with Gasteiger partial charge >= 0.3 is 5.97 Å². The standard InChI is InChI=1S/C16H29N3O7/c1-11-14(15(22)23)16(2,17)10-26-8-7-25-6-5-24-4-3-12(20)18-9-13(21)19-11/h11,14H,3-10,17H2,1-2H3,(H,18,20)(H,19,21)(H,22,23). The number of rotatable bonds is 1. The van der Waals surface area contributed by atoms with Crippen LogP contribution in [0.4, 0.5) is 0 Å². The molecule has 0 saturated carbocycles. The summed E-state index contributed by atoms with van der Waals surface area (Å²) in [7, 11) is 0. The molecule has 0 aromatic carbocycles. The van der Waals surface area contributed by atoms with Crippen LogP contribution in [0.3, 0.4) is 0 Å². The summed E-state index contributed by atoms with van der Waals surface area (Å²) in [5, 5.41) is 14.6. The lowest BCUT2D eigenvalue weighted by atomic mass is 9.82. The fraction of sp³-hybridized carbons (Fsp3) is 0.812. The largest absolute Gasteiger partial charge is 0.481 e. The van der Waals surface area contributed by atoms with E-state index >= 15 is 0 Å². The summed E-state index contributed by atoms with van der Waals surface area (Å²) in [5.41, 5.74) is 4.93. The van der Waals surface area contributed by atoms with Crippen LogP contribution in [0.2, 0.25) is 0 Å². The molecule has 0 radical (unpaired) electrons. The molecule has 150 valence electrons. The summed E-state index contributed by atoms with van der Waals surface area (Å²) in [6.45, 7) is 4.31. The third-order valence-corrected chi connectivity index (χ3v) is 3.94. The van der Waals surface area contributed by atoms with Crippen molar-refractivity contribution in [2.45, 2.75) is 31.8 Å². The highest BCUT2D eigenvalue weighted by atomic mass is 16.5. The summed E-state index contributed by atoms with van der Waals surface area (Å²) >= 11 is 0. The Balaban J connectivity index is 2.75. The van der Waals surface area contributed by atoms with Gasteiger partial charge in [-0.3, -0.25) is 14.4 Å². The van der Waals surface area contributed by atoms with E-state index in [1.54, 1.807) is 13.8 Å². The van der Waals surface area contributed by atoms with Crippen molar-refractivity contribution in [3.63, 3.8) is 0 Å². The van der Waals surface area contributed by atoms with Gasteiger partial charge in [0.15, 0.2) is 0 Å². The highest BCUT2D eigenvalue weighted by Crippen LogP contribution is 2.20. The number of hydrogen-bond acceptors (Lipinski definition) is 7. The molecule has 2 amide bonds. The molecule has 3 atom stereocenters. The minimum absolute atomic E-state index is 0.0131. The molecule has 10 nitrogen and oxygen atoms in total. The molecular weight excluding hydrogens is 346 g/mol. The van der Waals surface area contributed by atoms with E-state index in [0.717, 1.165) is 0 Å². The van der Waals surface area contributed by atoms with E-state index in [1.165, 1.54) is 0 Å². The smallest absolute Gasteiger partial charge is 0.310 e. The van der Waals surface area contributed by atoms with Gasteiger partial charge < -0.3 is 35.7 Å². The molecule has 0 aromatic rings. The fourth-order valence-corrected chi connectivity index (χ4v) is 2.71. The second-order valence-electron chi connectivity index (χ2n) is 6.48. The topological polar surface area (TPSA) is 149 Å². The quantitative estimate of drug-likeness (QED) is 0.432. The zero-order valence-corrected chi connectivity index (χ0v) is 15.3. The maximum absolute atomic E-state index is 12.0. The van der Waals surface area contributed by atoms with Gasteiger partial charge in [0.25, 0.3) is 0 Å². The first-order valence-corrected chi connectivity index (χ1v) is 8.55. The Labute approximate surface area is 152 Å². The van der Waals surface area contributed by atoms with Gasteiger partial charge in [-0.2, -0.15) is 0 Å². The number of nitrogens with two attached hydrogens (primary N) is 1. The predicted molar refractivity (Wildman–Crippen MR) is 91.4 cm³/mol. The zero-order chi connectivity index (χ0) is 19.6. The van der Waals surface area contributed by atoms with Gasteiger partial charge in [0.2, 0.25) is 11.8 Å². The molecule has 3 unspecified atom stereocenters. The molecule has 1 rings (SSSR count). The maximum Gasteiger partial charge on any atom is 0.310 e. The molecular formula is C16H29N3O7. The Morgan fingerprint density at radius 3 is 2.31 bits per heavy atom. The predicted octanol–water partition coefficient (Wildman–Crippen LogP) is -1.52. The fourth-order valence-electron chi connectivity index (χ4n) is 2.71. The molecule has 1 fully saturated rings. The van der Waals surface area contributed by atoms with Crippen LogP contribution in [0.5, 0.6) is 0 Å². The monoisotopic (exact) mass is 375 g/mol. The molecule has 0 spiro atoms. The lowest BCUT2D eigenvalue weighted by molar-refractivity contribution is -0.147. The van der Waals surface area contributed by atoms with Gasteiger partial charge in [0.05, 0.1) is 57.6 Å². The molecule has 0 aromatic heterocycles. The van der Waals surface area contributed by atoms with Crippen molar-refractivity contribution in [3.8, 4) is 0 Å². The van der Waals surface area contributed by atoms with E-state index in [1.807, 2.05) is 0 Å². The van der Waals surface area contributed by atoms with Gasteiger partial charge in [-0.15, -0.1) is 0 Å². The van der Waals surface area contributed by atoms with Crippen LogP contribution < -0.4 is 16.4 Å². The summed E-state index contributed by atoms with van der Waals surface area (Å²) in [6.07, 6.45) is 0.116. The molecule has 1 aliphatic heterocycles. The first kappa shape index (κ1) is 22.3. The number of carbonyl (C=O) groups excluding carboxylic acids is 2. The number of carboxylic acid groups (broad SMARTS) is 1. The average Bonchev–Trinajstić information content (AvgIpc) is 2.53. The Bertz CT molecular complexity index is 484. The Kier molecular flexibility index (Phi) is 9.49. The van der Waals surface area contributed by atoms with Crippen LogP contribution in [-0.4, -0.2) is 80.7 Å². The van der Waals surface area contributed by atoms with Crippen molar-refractivity contribution in [2.24, 2.45) is 11.7 Å². The third-order valence-electron chi connectivity index (χ3n) is 3.94. The second-order valence-corrected chi connectivity index (χ2v) is 6.48. The zero-order valence-electron chi connectivity index (χ0n) is 15.3. The molecule has 0 aliphatic carbocycles. The lowest BCUT2D eigenvalue weighted by Gasteiger charge is -2.35. The van der Waals surface area contributed by atoms with E-state index < -0.39 is 29.4 Å². The second kappa shape index (κ2) is 11.1. The number of amides is 2. The van der Waals surface area contributed by atoms with E-state index in [2.05, 4.69) is 10.6 Å². The van der Waals surface area contributed by atoms with Gasteiger partial charge in [-0.05, 0) is 13.8 Å². The minimum Gasteiger partial charge on any atom is -0.481 e. The van der Waals surface area contributed by atoms with Crippen molar-refractivity contribution in [1.29, 1.82) is 0 Å². The molecule has 1 saturated heterocycles.